The number of hydrogen-bond acceptors (Lipinski definition) is 3. The molecule has 1 aromatic rings. The summed E-state index contributed by atoms with van der Waals surface area (Å²) < 4.78 is 12.3. The lowest BCUT2D eigenvalue weighted by Gasteiger charge is -2.15. The van der Waals surface area contributed by atoms with Gasteiger partial charge in [0, 0.05) is 17.2 Å². The summed E-state index contributed by atoms with van der Waals surface area (Å²) in [5.74, 6) is -0.473. The standard InChI is InChI=1S/C14H18BrNO2.C3H8.2C2H6/c1-14(2)17-10-12(18-14)9-16-8-7-11-5-3-4-6-13(11)15;1-3-2;2*1-2/h3-6,9,12H,7-8,10H2,1-2H3;3H2,1-2H3;2*1-2H3. The Hall–Kier alpha value is -0.710. The SMILES string of the molecule is CC.CC.CC1(C)OCC(C=NCCc2ccccc2Br)O1.CCC. The second-order valence-corrected chi connectivity index (χ2v) is 6.33. The van der Waals surface area contributed by atoms with Gasteiger partial charge in [-0.05, 0) is 31.9 Å². The van der Waals surface area contributed by atoms with Crippen molar-refractivity contribution in [2.45, 2.75) is 80.1 Å². The summed E-state index contributed by atoms with van der Waals surface area (Å²) in [4.78, 5) is 4.40. The maximum absolute atomic E-state index is 5.64. The van der Waals surface area contributed by atoms with Crippen LogP contribution in [0.15, 0.2) is 33.7 Å². The Labute approximate surface area is 164 Å². The molecule has 1 aromatic carbocycles. The minimum absolute atomic E-state index is 0.0146. The lowest BCUT2D eigenvalue weighted by atomic mass is 10.1. The quantitative estimate of drug-likeness (QED) is 0.513. The van der Waals surface area contributed by atoms with Gasteiger partial charge in [-0.25, -0.2) is 0 Å². The summed E-state index contributed by atoms with van der Waals surface area (Å²) in [6.07, 6.45) is 4.01. The zero-order chi connectivity index (χ0) is 19.7. The normalized spacial score (nSPS) is 17.6. The van der Waals surface area contributed by atoms with E-state index in [0.717, 1.165) is 17.4 Å². The average Bonchev–Trinajstić information content (AvgIpc) is 2.96. The molecule has 1 heterocycles. The van der Waals surface area contributed by atoms with E-state index in [1.54, 1.807) is 0 Å². The number of halogens is 1. The number of rotatable bonds is 4. The Balaban J connectivity index is 0. The van der Waals surface area contributed by atoms with Crippen LogP contribution in [0.5, 0.6) is 0 Å². The summed E-state index contributed by atoms with van der Waals surface area (Å²) in [5, 5.41) is 0. The van der Waals surface area contributed by atoms with Crippen molar-refractivity contribution < 1.29 is 9.47 Å². The molecule has 4 heteroatoms. The smallest absolute Gasteiger partial charge is 0.163 e. The first-order chi connectivity index (χ1) is 12.0. The maximum atomic E-state index is 5.64. The van der Waals surface area contributed by atoms with Crippen LogP contribution in [0.4, 0.5) is 0 Å². The molecule has 146 valence electrons. The zero-order valence-corrected chi connectivity index (χ0v) is 19.0. The topological polar surface area (TPSA) is 30.8 Å². The van der Waals surface area contributed by atoms with Crippen molar-refractivity contribution in [3.05, 3.63) is 34.3 Å². The van der Waals surface area contributed by atoms with Crippen LogP contribution < -0.4 is 0 Å². The molecule has 1 saturated heterocycles. The molecular weight excluding hydrogens is 378 g/mol. The highest BCUT2D eigenvalue weighted by molar-refractivity contribution is 9.10. The third-order valence-corrected chi connectivity index (χ3v) is 3.54. The van der Waals surface area contributed by atoms with Gasteiger partial charge in [0.1, 0.15) is 6.10 Å². The summed E-state index contributed by atoms with van der Waals surface area (Å²) >= 11 is 3.53. The first kappa shape index (κ1) is 26.5. The van der Waals surface area contributed by atoms with Crippen molar-refractivity contribution in [1.29, 1.82) is 0 Å². The zero-order valence-electron chi connectivity index (χ0n) is 17.4. The van der Waals surface area contributed by atoms with Crippen molar-refractivity contribution in [2.24, 2.45) is 4.99 Å². The van der Waals surface area contributed by atoms with Gasteiger partial charge < -0.3 is 9.47 Å². The van der Waals surface area contributed by atoms with Gasteiger partial charge >= 0.3 is 0 Å². The summed E-state index contributed by atoms with van der Waals surface area (Å²) in [6.45, 7) is 17.4. The van der Waals surface area contributed by atoms with E-state index in [0.29, 0.717) is 6.61 Å². The molecule has 0 saturated carbocycles. The number of benzene rings is 1. The predicted octanol–water partition coefficient (Wildman–Crippen LogP) is 6.68. The van der Waals surface area contributed by atoms with E-state index < -0.39 is 5.79 Å². The highest BCUT2D eigenvalue weighted by Crippen LogP contribution is 2.21. The third-order valence-electron chi connectivity index (χ3n) is 2.77. The molecule has 3 nitrogen and oxygen atoms in total. The van der Waals surface area contributed by atoms with Crippen molar-refractivity contribution in [3.63, 3.8) is 0 Å². The first-order valence-electron chi connectivity index (χ1n) is 9.53. The van der Waals surface area contributed by atoms with Gasteiger partial charge in [-0.15, -0.1) is 0 Å². The van der Waals surface area contributed by atoms with Crippen LogP contribution in [-0.2, 0) is 15.9 Å². The number of aliphatic imine (C=N–C) groups is 1. The second kappa shape index (κ2) is 16.7. The minimum Gasteiger partial charge on any atom is -0.347 e. The van der Waals surface area contributed by atoms with Crippen molar-refractivity contribution in [3.8, 4) is 0 Å². The van der Waals surface area contributed by atoms with Gasteiger partial charge in [0.15, 0.2) is 5.79 Å². The van der Waals surface area contributed by atoms with Gasteiger partial charge in [-0.3, -0.25) is 4.99 Å². The van der Waals surface area contributed by atoms with Crippen LogP contribution in [0.3, 0.4) is 0 Å². The fourth-order valence-corrected chi connectivity index (χ4v) is 2.35. The molecule has 1 aliphatic heterocycles. The van der Waals surface area contributed by atoms with E-state index in [9.17, 15) is 0 Å². The molecule has 0 aromatic heterocycles. The molecule has 0 bridgehead atoms. The Bertz CT molecular complexity index is 447. The largest absolute Gasteiger partial charge is 0.347 e. The van der Waals surface area contributed by atoms with Crippen molar-refractivity contribution in [1.82, 2.24) is 0 Å². The number of hydrogen-bond donors (Lipinski definition) is 0. The highest BCUT2D eigenvalue weighted by Gasteiger charge is 2.31. The fraction of sp³-hybridized carbons (Fsp3) is 0.667. The molecule has 1 aliphatic rings. The molecule has 0 spiro atoms. The van der Waals surface area contributed by atoms with Gasteiger partial charge in [0.05, 0.1) is 6.61 Å². The first-order valence-corrected chi connectivity index (χ1v) is 10.3. The molecule has 0 radical (unpaired) electrons. The average molecular weight is 416 g/mol. The highest BCUT2D eigenvalue weighted by atomic mass is 79.9. The van der Waals surface area contributed by atoms with Gasteiger partial charge in [-0.1, -0.05) is 82.1 Å². The van der Waals surface area contributed by atoms with E-state index in [4.69, 9.17) is 9.47 Å². The Morgan fingerprint density at radius 2 is 1.72 bits per heavy atom. The minimum atomic E-state index is -0.473. The number of nitrogens with zero attached hydrogens (tertiary/aromatic N) is 1. The third kappa shape index (κ3) is 13.2. The van der Waals surface area contributed by atoms with Crippen molar-refractivity contribution >= 4 is 22.1 Å². The monoisotopic (exact) mass is 415 g/mol. The summed E-state index contributed by atoms with van der Waals surface area (Å²) in [6, 6.07) is 8.22. The molecule has 0 amide bonds. The Morgan fingerprint density at radius 3 is 2.20 bits per heavy atom. The molecule has 1 fully saturated rings. The molecule has 1 unspecified atom stereocenters. The van der Waals surface area contributed by atoms with Crippen LogP contribution in [0.25, 0.3) is 0 Å². The van der Waals surface area contributed by atoms with Gasteiger partial charge in [0.25, 0.3) is 0 Å². The summed E-state index contributed by atoms with van der Waals surface area (Å²) in [5.41, 5.74) is 1.28. The second-order valence-electron chi connectivity index (χ2n) is 5.47. The lowest BCUT2D eigenvalue weighted by molar-refractivity contribution is -0.130. The molecule has 25 heavy (non-hydrogen) atoms. The van der Waals surface area contributed by atoms with Gasteiger partial charge in [0.2, 0.25) is 0 Å². The Kier molecular flexibility index (Phi) is 17.8. The maximum Gasteiger partial charge on any atom is 0.163 e. The van der Waals surface area contributed by atoms with E-state index in [-0.39, 0.29) is 6.10 Å². The van der Waals surface area contributed by atoms with E-state index in [1.165, 1.54) is 12.0 Å². The predicted molar refractivity (Wildman–Crippen MR) is 115 cm³/mol. The van der Waals surface area contributed by atoms with E-state index in [2.05, 4.69) is 46.9 Å². The number of ether oxygens (including phenoxy) is 2. The molecule has 0 N–H and O–H groups in total. The van der Waals surface area contributed by atoms with Crippen LogP contribution in [-0.4, -0.2) is 31.3 Å². The molecule has 1 atom stereocenters. The van der Waals surface area contributed by atoms with Crippen LogP contribution >= 0.6 is 15.9 Å². The Morgan fingerprint density at radius 1 is 1.16 bits per heavy atom. The van der Waals surface area contributed by atoms with Gasteiger partial charge in [-0.2, -0.15) is 0 Å². The lowest BCUT2D eigenvalue weighted by Crippen LogP contribution is -2.22. The van der Waals surface area contributed by atoms with E-state index >= 15 is 0 Å². The molecule has 2 rings (SSSR count). The van der Waals surface area contributed by atoms with E-state index in [1.807, 2.05) is 59.9 Å². The van der Waals surface area contributed by atoms with Crippen LogP contribution in [0, 0.1) is 0 Å². The molecule has 0 aliphatic carbocycles. The summed E-state index contributed by atoms with van der Waals surface area (Å²) in [7, 11) is 0. The fourth-order valence-electron chi connectivity index (χ4n) is 1.87. The van der Waals surface area contributed by atoms with Crippen LogP contribution in [0.2, 0.25) is 0 Å². The molecular formula is C21H38BrNO2. The van der Waals surface area contributed by atoms with Crippen LogP contribution in [0.1, 0.15) is 67.4 Å². The van der Waals surface area contributed by atoms with Crippen molar-refractivity contribution in [2.75, 3.05) is 13.2 Å².